The molecule has 1 aromatic carbocycles. The molecule has 8 heteroatoms. The summed E-state index contributed by atoms with van der Waals surface area (Å²) < 4.78 is 24.1. The Bertz CT molecular complexity index is 649. The second kappa shape index (κ2) is 13.1. The second-order valence-electron chi connectivity index (χ2n) is 7.03. The molecule has 0 aromatic heterocycles. The maximum absolute atomic E-state index is 13.2. The van der Waals surface area contributed by atoms with Crippen LogP contribution in [0.5, 0.6) is 0 Å². The van der Waals surface area contributed by atoms with Gasteiger partial charge in [-0.2, -0.15) is 0 Å². The highest BCUT2D eigenvalue weighted by molar-refractivity contribution is 5.80. The standard InChI is InChI=1S/C21H33FN4O3/c1-23-21(26-11-7-19(8-12-26)29-14-4-13-28-2)25-10-9-24-20(27)16-17-5-3-6-18(22)15-17/h3,5-6,15,19H,4,7-14,16H2,1-2H3,(H,23,25)(H,24,27). The van der Waals surface area contributed by atoms with Crippen molar-refractivity contribution in [1.29, 1.82) is 0 Å². The fourth-order valence-electron chi connectivity index (χ4n) is 3.29. The molecule has 1 heterocycles. The number of halogens is 1. The van der Waals surface area contributed by atoms with Gasteiger partial charge in [-0.3, -0.25) is 9.79 Å². The number of amides is 1. The van der Waals surface area contributed by atoms with Crippen molar-refractivity contribution >= 4 is 11.9 Å². The minimum absolute atomic E-state index is 0.126. The number of nitrogens with one attached hydrogen (secondary N) is 2. The predicted octanol–water partition coefficient (Wildman–Crippen LogP) is 1.58. The summed E-state index contributed by atoms with van der Waals surface area (Å²) in [5.74, 6) is 0.381. The van der Waals surface area contributed by atoms with Crippen LogP contribution in [-0.4, -0.2) is 76.4 Å². The lowest BCUT2D eigenvalue weighted by Crippen LogP contribution is -2.48. The average Bonchev–Trinajstić information content (AvgIpc) is 2.72. The van der Waals surface area contributed by atoms with E-state index in [-0.39, 0.29) is 18.1 Å². The topological polar surface area (TPSA) is 75.2 Å². The molecule has 0 unspecified atom stereocenters. The van der Waals surface area contributed by atoms with Crippen molar-refractivity contribution in [1.82, 2.24) is 15.5 Å². The third-order valence-electron chi connectivity index (χ3n) is 4.78. The molecule has 2 N–H and O–H groups in total. The van der Waals surface area contributed by atoms with E-state index in [9.17, 15) is 9.18 Å². The van der Waals surface area contributed by atoms with Gasteiger partial charge in [0.05, 0.1) is 12.5 Å². The number of nitrogens with zero attached hydrogens (tertiary/aromatic N) is 2. The van der Waals surface area contributed by atoms with Crippen molar-refractivity contribution in [3.63, 3.8) is 0 Å². The van der Waals surface area contributed by atoms with Crippen LogP contribution in [0.1, 0.15) is 24.8 Å². The first-order valence-electron chi connectivity index (χ1n) is 10.2. The lowest BCUT2D eigenvalue weighted by Gasteiger charge is -2.34. The van der Waals surface area contributed by atoms with Gasteiger partial charge in [0.25, 0.3) is 0 Å². The van der Waals surface area contributed by atoms with Crippen molar-refractivity contribution in [2.24, 2.45) is 4.99 Å². The van der Waals surface area contributed by atoms with Crippen LogP contribution in [0.3, 0.4) is 0 Å². The number of guanidine groups is 1. The lowest BCUT2D eigenvalue weighted by atomic mass is 10.1. The van der Waals surface area contributed by atoms with E-state index in [4.69, 9.17) is 9.47 Å². The number of carbonyl (C=O) groups is 1. The molecule has 1 amide bonds. The Morgan fingerprint density at radius 3 is 2.69 bits per heavy atom. The molecule has 1 saturated heterocycles. The van der Waals surface area contributed by atoms with Crippen molar-refractivity contribution in [3.05, 3.63) is 35.6 Å². The number of likely N-dealkylation sites (tertiary alicyclic amines) is 1. The highest BCUT2D eigenvalue weighted by Crippen LogP contribution is 2.14. The molecule has 0 bridgehead atoms. The first-order valence-corrected chi connectivity index (χ1v) is 10.2. The SMILES string of the molecule is CN=C(NCCNC(=O)Cc1cccc(F)c1)N1CCC(OCCCOC)CC1. The molecule has 0 spiro atoms. The predicted molar refractivity (Wildman–Crippen MR) is 112 cm³/mol. The van der Waals surface area contributed by atoms with E-state index in [1.165, 1.54) is 12.1 Å². The second-order valence-corrected chi connectivity index (χ2v) is 7.03. The number of rotatable bonds is 10. The third-order valence-corrected chi connectivity index (χ3v) is 4.78. The summed E-state index contributed by atoms with van der Waals surface area (Å²) in [6.45, 7) is 4.30. The number of hydrogen-bond acceptors (Lipinski definition) is 4. The fourth-order valence-corrected chi connectivity index (χ4v) is 3.29. The van der Waals surface area contributed by atoms with E-state index >= 15 is 0 Å². The van der Waals surface area contributed by atoms with Crippen LogP contribution in [0.2, 0.25) is 0 Å². The lowest BCUT2D eigenvalue weighted by molar-refractivity contribution is -0.120. The summed E-state index contributed by atoms with van der Waals surface area (Å²) in [7, 11) is 3.46. The highest BCUT2D eigenvalue weighted by Gasteiger charge is 2.21. The van der Waals surface area contributed by atoms with E-state index in [1.807, 2.05) is 0 Å². The molecule has 1 aliphatic heterocycles. The summed E-state index contributed by atoms with van der Waals surface area (Å²) >= 11 is 0. The molecule has 29 heavy (non-hydrogen) atoms. The van der Waals surface area contributed by atoms with Gasteiger partial charge < -0.3 is 25.0 Å². The largest absolute Gasteiger partial charge is 0.385 e. The summed E-state index contributed by atoms with van der Waals surface area (Å²) in [4.78, 5) is 18.5. The van der Waals surface area contributed by atoms with Crippen LogP contribution >= 0.6 is 0 Å². The number of hydrogen-bond donors (Lipinski definition) is 2. The van der Waals surface area contributed by atoms with Gasteiger partial charge in [-0.15, -0.1) is 0 Å². The molecular formula is C21H33FN4O3. The highest BCUT2D eigenvalue weighted by atomic mass is 19.1. The molecular weight excluding hydrogens is 375 g/mol. The average molecular weight is 409 g/mol. The molecule has 0 atom stereocenters. The zero-order valence-electron chi connectivity index (χ0n) is 17.5. The van der Waals surface area contributed by atoms with Gasteiger partial charge in [0.1, 0.15) is 5.82 Å². The Labute approximate surface area is 172 Å². The summed E-state index contributed by atoms with van der Waals surface area (Å²) in [5, 5.41) is 6.13. The smallest absolute Gasteiger partial charge is 0.224 e. The van der Waals surface area contributed by atoms with Gasteiger partial charge in [-0.1, -0.05) is 12.1 Å². The van der Waals surface area contributed by atoms with Gasteiger partial charge in [0, 0.05) is 53.6 Å². The molecule has 0 saturated carbocycles. The van der Waals surface area contributed by atoms with E-state index in [2.05, 4.69) is 20.5 Å². The van der Waals surface area contributed by atoms with Crippen molar-refractivity contribution < 1.29 is 18.7 Å². The van der Waals surface area contributed by atoms with Gasteiger partial charge in [-0.05, 0) is 37.0 Å². The Morgan fingerprint density at radius 2 is 2.00 bits per heavy atom. The quantitative estimate of drug-likeness (QED) is 0.349. The third kappa shape index (κ3) is 8.79. The Kier molecular flexibility index (Phi) is 10.4. The molecule has 162 valence electrons. The molecule has 0 radical (unpaired) electrons. The molecule has 1 fully saturated rings. The number of piperidine rings is 1. The van der Waals surface area contributed by atoms with Crippen LogP contribution in [0.25, 0.3) is 0 Å². The molecule has 1 aliphatic rings. The van der Waals surface area contributed by atoms with Crippen LogP contribution < -0.4 is 10.6 Å². The van der Waals surface area contributed by atoms with Crippen molar-refractivity contribution in [2.75, 3.05) is 53.6 Å². The first-order chi connectivity index (χ1) is 14.1. The number of ether oxygens (including phenoxy) is 2. The maximum Gasteiger partial charge on any atom is 0.224 e. The molecule has 1 aromatic rings. The number of carbonyl (C=O) groups excluding carboxylic acids is 1. The van der Waals surface area contributed by atoms with Gasteiger partial charge >= 0.3 is 0 Å². The van der Waals surface area contributed by atoms with Crippen LogP contribution in [0.4, 0.5) is 4.39 Å². The number of methoxy groups -OCH3 is 1. The van der Waals surface area contributed by atoms with Crippen molar-refractivity contribution in [3.8, 4) is 0 Å². The molecule has 2 rings (SSSR count). The summed E-state index contributed by atoms with van der Waals surface area (Å²) in [6, 6.07) is 6.10. The van der Waals surface area contributed by atoms with Gasteiger partial charge in [0.2, 0.25) is 5.91 Å². The van der Waals surface area contributed by atoms with Crippen LogP contribution in [0, 0.1) is 5.82 Å². The monoisotopic (exact) mass is 408 g/mol. The molecule has 7 nitrogen and oxygen atoms in total. The molecule has 0 aliphatic carbocycles. The minimum Gasteiger partial charge on any atom is -0.385 e. The van der Waals surface area contributed by atoms with E-state index < -0.39 is 0 Å². The number of benzene rings is 1. The minimum atomic E-state index is -0.329. The zero-order chi connectivity index (χ0) is 20.9. The summed E-state index contributed by atoms with van der Waals surface area (Å²) in [5.41, 5.74) is 0.665. The van der Waals surface area contributed by atoms with E-state index in [0.717, 1.165) is 51.5 Å². The van der Waals surface area contributed by atoms with Crippen LogP contribution in [-0.2, 0) is 20.7 Å². The van der Waals surface area contributed by atoms with Crippen molar-refractivity contribution in [2.45, 2.75) is 31.8 Å². The zero-order valence-corrected chi connectivity index (χ0v) is 17.5. The van der Waals surface area contributed by atoms with Gasteiger partial charge in [-0.25, -0.2) is 4.39 Å². The van der Waals surface area contributed by atoms with Crippen LogP contribution in [0.15, 0.2) is 29.3 Å². The summed E-state index contributed by atoms with van der Waals surface area (Å²) in [6.07, 6.45) is 3.33. The first kappa shape index (κ1) is 23.1. The van der Waals surface area contributed by atoms with E-state index in [1.54, 1.807) is 26.3 Å². The maximum atomic E-state index is 13.2. The van der Waals surface area contributed by atoms with E-state index in [0.29, 0.717) is 24.8 Å². The Hall–Kier alpha value is -2.19. The van der Waals surface area contributed by atoms with Gasteiger partial charge in [0.15, 0.2) is 5.96 Å². The fraction of sp³-hybridized carbons (Fsp3) is 0.619. The Balaban J connectivity index is 1.61. The normalized spacial score (nSPS) is 15.4. The number of aliphatic imine (C=N–C) groups is 1. The Morgan fingerprint density at radius 1 is 1.24 bits per heavy atom.